The van der Waals surface area contributed by atoms with E-state index in [4.69, 9.17) is 0 Å². The Morgan fingerprint density at radius 1 is 1.44 bits per heavy atom. The van der Waals surface area contributed by atoms with Gasteiger partial charge < -0.3 is 0 Å². The van der Waals surface area contributed by atoms with Gasteiger partial charge in [-0.05, 0) is 25.0 Å². The fourth-order valence-corrected chi connectivity index (χ4v) is 2.31. The van der Waals surface area contributed by atoms with Gasteiger partial charge in [0.1, 0.15) is 0 Å². The number of hydrogen-bond acceptors (Lipinski definition) is 3. The molecule has 2 aromatic rings. The molecule has 0 saturated heterocycles. The zero-order chi connectivity index (χ0) is 11.0. The predicted octanol–water partition coefficient (Wildman–Crippen LogP) is 2.43. The van der Waals surface area contributed by atoms with Crippen molar-refractivity contribution >= 4 is 15.9 Å². The summed E-state index contributed by atoms with van der Waals surface area (Å²) < 4.78 is 1.92. The van der Waals surface area contributed by atoms with Crippen molar-refractivity contribution in [2.24, 2.45) is 0 Å². The van der Waals surface area contributed by atoms with E-state index in [9.17, 15) is 0 Å². The minimum Gasteiger partial charge on any atom is -0.217 e. The SMILES string of the molecule is BrCc1cnn(-c2cccnn2)c1C1CC1. The third-order valence-electron chi connectivity index (χ3n) is 2.77. The van der Waals surface area contributed by atoms with Gasteiger partial charge in [-0.3, -0.25) is 0 Å². The van der Waals surface area contributed by atoms with Gasteiger partial charge in [0, 0.05) is 23.0 Å². The molecule has 0 unspecified atom stereocenters. The Morgan fingerprint density at radius 2 is 2.31 bits per heavy atom. The van der Waals surface area contributed by atoms with Crippen LogP contribution in [0, 0.1) is 0 Å². The summed E-state index contributed by atoms with van der Waals surface area (Å²) in [5.74, 6) is 1.45. The van der Waals surface area contributed by atoms with Crippen LogP contribution in [0.15, 0.2) is 24.5 Å². The summed E-state index contributed by atoms with van der Waals surface area (Å²) in [6.07, 6.45) is 6.10. The normalized spacial score (nSPS) is 15.3. The first kappa shape index (κ1) is 9.96. The number of halogens is 1. The summed E-state index contributed by atoms with van der Waals surface area (Å²) in [6, 6.07) is 3.82. The van der Waals surface area contributed by atoms with Crippen LogP contribution in [0.3, 0.4) is 0 Å². The molecule has 3 rings (SSSR count). The van der Waals surface area contributed by atoms with E-state index in [2.05, 4.69) is 31.2 Å². The molecule has 1 saturated carbocycles. The van der Waals surface area contributed by atoms with Gasteiger partial charge in [0.2, 0.25) is 0 Å². The molecule has 5 heteroatoms. The maximum absolute atomic E-state index is 4.40. The largest absolute Gasteiger partial charge is 0.217 e. The predicted molar refractivity (Wildman–Crippen MR) is 63.8 cm³/mol. The third kappa shape index (κ3) is 1.65. The van der Waals surface area contributed by atoms with Crippen molar-refractivity contribution in [1.82, 2.24) is 20.0 Å². The Morgan fingerprint density at radius 3 is 2.94 bits per heavy atom. The average Bonchev–Trinajstić information content (AvgIpc) is 3.09. The Hall–Kier alpha value is -1.23. The summed E-state index contributed by atoms with van der Waals surface area (Å²) in [5, 5.41) is 13.2. The van der Waals surface area contributed by atoms with E-state index in [1.54, 1.807) is 6.20 Å². The molecule has 0 spiro atoms. The summed E-state index contributed by atoms with van der Waals surface area (Å²) in [5.41, 5.74) is 2.55. The zero-order valence-corrected chi connectivity index (χ0v) is 10.3. The molecule has 4 nitrogen and oxygen atoms in total. The molecule has 0 aromatic carbocycles. The highest BCUT2D eigenvalue weighted by atomic mass is 79.9. The Balaban J connectivity index is 2.10. The van der Waals surface area contributed by atoms with Crippen molar-refractivity contribution in [3.05, 3.63) is 35.8 Å². The van der Waals surface area contributed by atoms with Gasteiger partial charge in [0.05, 0.1) is 11.9 Å². The molecule has 0 aliphatic heterocycles. The van der Waals surface area contributed by atoms with Crippen LogP contribution in [-0.2, 0) is 5.33 Å². The average molecular weight is 279 g/mol. The summed E-state index contributed by atoms with van der Waals surface area (Å²) in [4.78, 5) is 0. The molecule has 0 amide bonds. The Kier molecular flexibility index (Phi) is 2.47. The van der Waals surface area contributed by atoms with Crippen LogP contribution >= 0.6 is 15.9 Å². The molecule has 0 radical (unpaired) electrons. The number of hydrogen-bond donors (Lipinski definition) is 0. The lowest BCUT2D eigenvalue weighted by atomic mass is 10.2. The lowest BCUT2D eigenvalue weighted by molar-refractivity contribution is 0.762. The topological polar surface area (TPSA) is 43.6 Å². The van der Waals surface area contributed by atoms with E-state index in [1.165, 1.54) is 24.1 Å². The molecule has 0 N–H and O–H groups in total. The first-order valence-corrected chi connectivity index (χ1v) is 6.43. The van der Waals surface area contributed by atoms with Crippen molar-refractivity contribution in [2.75, 3.05) is 0 Å². The second-order valence-corrected chi connectivity index (χ2v) is 4.52. The molecular formula is C11H11BrN4. The maximum Gasteiger partial charge on any atom is 0.175 e. The molecule has 0 bridgehead atoms. The molecular weight excluding hydrogens is 268 g/mol. The van der Waals surface area contributed by atoms with Gasteiger partial charge in [0.25, 0.3) is 0 Å². The maximum atomic E-state index is 4.40. The van der Waals surface area contributed by atoms with Crippen LogP contribution in [0.25, 0.3) is 5.82 Å². The van der Waals surface area contributed by atoms with Gasteiger partial charge in [-0.1, -0.05) is 15.9 Å². The van der Waals surface area contributed by atoms with Gasteiger partial charge in [0.15, 0.2) is 5.82 Å². The van der Waals surface area contributed by atoms with Crippen LogP contribution in [0.2, 0.25) is 0 Å². The lowest BCUT2D eigenvalue weighted by Crippen LogP contribution is -2.05. The van der Waals surface area contributed by atoms with Crippen LogP contribution in [0.5, 0.6) is 0 Å². The number of nitrogens with zero attached hydrogens (tertiary/aromatic N) is 4. The fourth-order valence-electron chi connectivity index (χ4n) is 1.88. The van der Waals surface area contributed by atoms with Crippen molar-refractivity contribution in [3.8, 4) is 5.82 Å². The second-order valence-electron chi connectivity index (χ2n) is 3.96. The number of alkyl halides is 1. The third-order valence-corrected chi connectivity index (χ3v) is 3.37. The molecule has 1 aliphatic carbocycles. The minimum atomic E-state index is 0.650. The smallest absolute Gasteiger partial charge is 0.175 e. The van der Waals surface area contributed by atoms with E-state index in [0.29, 0.717) is 5.92 Å². The van der Waals surface area contributed by atoms with Crippen LogP contribution in [0.1, 0.15) is 30.0 Å². The van der Waals surface area contributed by atoms with E-state index in [0.717, 1.165) is 11.1 Å². The van der Waals surface area contributed by atoms with Gasteiger partial charge in [-0.15, -0.1) is 5.10 Å². The Bertz CT molecular complexity index is 490. The minimum absolute atomic E-state index is 0.650. The van der Waals surface area contributed by atoms with Crippen LogP contribution in [-0.4, -0.2) is 20.0 Å². The van der Waals surface area contributed by atoms with Crippen molar-refractivity contribution in [2.45, 2.75) is 24.1 Å². The van der Waals surface area contributed by atoms with Gasteiger partial charge in [-0.2, -0.15) is 10.2 Å². The quantitative estimate of drug-likeness (QED) is 0.810. The van der Waals surface area contributed by atoms with E-state index >= 15 is 0 Å². The standard InChI is InChI=1S/C11H11BrN4/c12-6-9-7-14-16(11(9)8-3-4-8)10-2-1-5-13-15-10/h1-2,5,7-8H,3-4,6H2. The number of aromatic nitrogens is 4. The van der Waals surface area contributed by atoms with E-state index in [1.807, 2.05) is 23.0 Å². The molecule has 1 aliphatic rings. The van der Waals surface area contributed by atoms with Crippen molar-refractivity contribution < 1.29 is 0 Å². The van der Waals surface area contributed by atoms with Gasteiger partial charge >= 0.3 is 0 Å². The lowest BCUT2D eigenvalue weighted by Gasteiger charge is -2.05. The summed E-state index contributed by atoms with van der Waals surface area (Å²) in [7, 11) is 0. The highest BCUT2D eigenvalue weighted by Crippen LogP contribution is 2.42. The molecule has 0 atom stereocenters. The van der Waals surface area contributed by atoms with Crippen molar-refractivity contribution in [1.29, 1.82) is 0 Å². The molecule has 2 aromatic heterocycles. The van der Waals surface area contributed by atoms with Crippen LogP contribution in [0.4, 0.5) is 0 Å². The number of rotatable bonds is 3. The van der Waals surface area contributed by atoms with Gasteiger partial charge in [-0.25, -0.2) is 4.68 Å². The first-order chi connectivity index (χ1) is 7.90. The van der Waals surface area contributed by atoms with Crippen LogP contribution < -0.4 is 0 Å². The molecule has 82 valence electrons. The van der Waals surface area contributed by atoms with Crippen molar-refractivity contribution in [3.63, 3.8) is 0 Å². The summed E-state index contributed by atoms with van der Waals surface area (Å²) >= 11 is 3.50. The highest BCUT2D eigenvalue weighted by Gasteiger charge is 2.30. The second kappa shape index (κ2) is 3.97. The van der Waals surface area contributed by atoms with E-state index < -0.39 is 0 Å². The molecule has 1 fully saturated rings. The zero-order valence-electron chi connectivity index (χ0n) is 8.67. The Labute approximate surface area is 102 Å². The monoisotopic (exact) mass is 278 g/mol. The fraction of sp³-hybridized carbons (Fsp3) is 0.364. The first-order valence-electron chi connectivity index (χ1n) is 5.31. The van der Waals surface area contributed by atoms with E-state index in [-0.39, 0.29) is 0 Å². The molecule has 2 heterocycles. The highest BCUT2D eigenvalue weighted by molar-refractivity contribution is 9.08. The summed E-state index contributed by atoms with van der Waals surface area (Å²) in [6.45, 7) is 0. The molecule has 16 heavy (non-hydrogen) atoms.